The fourth-order valence-corrected chi connectivity index (χ4v) is 1.82. The summed E-state index contributed by atoms with van der Waals surface area (Å²) in [5.74, 6) is -1.47. The van der Waals surface area contributed by atoms with Gasteiger partial charge in [0.05, 0.1) is 6.54 Å². The second-order valence-electron chi connectivity index (χ2n) is 4.36. The van der Waals surface area contributed by atoms with Crippen molar-refractivity contribution in [3.8, 4) is 0 Å². The Hall–Kier alpha value is -1.76. The van der Waals surface area contributed by atoms with E-state index in [4.69, 9.17) is 11.6 Å². The minimum atomic E-state index is -4.49. The first-order valence-corrected chi connectivity index (χ1v) is 6.42. The molecule has 2 amide bonds. The normalized spacial score (nSPS) is 12.6. The quantitative estimate of drug-likeness (QED) is 0.844. The number of nitrogens with one attached hydrogen (secondary N) is 1. The van der Waals surface area contributed by atoms with Gasteiger partial charge in [-0.15, -0.1) is 11.6 Å². The van der Waals surface area contributed by atoms with Crippen molar-refractivity contribution in [3.05, 3.63) is 35.9 Å². The van der Waals surface area contributed by atoms with E-state index < -0.39 is 36.5 Å². The first-order valence-electron chi connectivity index (χ1n) is 5.98. The second-order valence-corrected chi connectivity index (χ2v) is 4.80. The Balaban J connectivity index is 2.53. The molecule has 21 heavy (non-hydrogen) atoms. The number of rotatable bonds is 5. The SMILES string of the molecule is CN(CC(=O)NCC(F)(F)F)C(=O)C(Cl)c1ccccc1. The lowest BCUT2D eigenvalue weighted by Crippen LogP contribution is -2.42. The number of alkyl halides is 4. The first-order chi connectivity index (χ1) is 9.70. The number of halogens is 4. The minimum Gasteiger partial charge on any atom is -0.345 e. The summed E-state index contributed by atoms with van der Waals surface area (Å²) in [4.78, 5) is 24.3. The molecule has 4 nitrogen and oxygen atoms in total. The summed E-state index contributed by atoms with van der Waals surface area (Å²) in [6, 6.07) is 8.45. The average Bonchev–Trinajstić information content (AvgIpc) is 2.43. The molecule has 0 bridgehead atoms. The highest BCUT2D eigenvalue weighted by Crippen LogP contribution is 2.22. The number of benzene rings is 1. The third kappa shape index (κ3) is 6.03. The molecule has 0 aliphatic carbocycles. The third-order valence-corrected chi connectivity index (χ3v) is 2.99. The van der Waals surface area contributed by atoms with Crippen molar-refractivity contribution in [2.75, 3.05) is 20.1 Å². The van der Waals surface area contributed by atoms with Crippen LogP contribution in [0.15, 0.2) is 30.3 Å². The van der Waals surface area contributed by atoms with E-state index in [1.165, 1.54) is 7.05 Å². The van der Waals surface area contributed by atoms with E-state index in [1.54, 1.807) is 35.6 Å². The van der Waals surface area contributed by atoms with Crippen LogP contribution in [0.4, 0.5) is 13.2 Å². The Morgan fingerprint density at radius 3 is 2.38 bits per heavy atom. The number of hydrogen-bond acceptors (Lipinski definition) is 2. The van der Waals surface area contributed by atoms with E-state index in [-0.39, 0.29) is 0 Å². The highest BCUT2D eigenvalue weighted by Gasteiger charge is 2.28. The van der Waals surface area contributed by atoms with Crippen LogP contribution in [0.25, 0.3) is 0 Å². The molecule has 1 rings (SSSR count). The molecule has 0 aliphatic heterocycles. The fourth-order valence-electron chi connectivity index (χ4n) is 1.51. The summed E-state index contributed by atoms with van der Waals surface area (Å²) >= 11 is 5.98. The molecule has 1 unspecified atom stereocenters. The third-order valence-electron chi connectivity index (χ3n) is 2.55. The van der Waals surface area contributed by atoms with Crippen LogP contribution in [0.3, 0.4) is 0 Å². The maximum atomic E-state index is 12.0. The molecule has 0 spiro atoms. The van der Waals surface area contributed by atoms with Crippen LogP contribution < -0.4 is 5.32 Å². The van der Waals surface area contributed by atoms with Crippen molar-refractivity contribution in [1.82, 2.24) is 10.2 Å². The first kappa shape index (κ1) is 17.3. The van der Waals surface area contributed by atoms with Gasteiger partial charge in [-0.3, -0.25) is 9.59 Å². The smallest absolute Gasteiger partial charge is 0.345 e. The van der Waals surface area contributed by atoms with Crippen LogP contribution in [0.1, 0.15) is 10.9 Å². The molecular formula is C13H14ClF3N2O2. The van der Waals surface area contributed by atoms with Crippen molar-refractivity contribution in [1.29, 1.82) is 0 Å². The molecular weight excluding hydrogens is 309 g/mol. The van der Waals surface area contributed by atoms with Crippen LogP contribution in [-0.4, -0.2) is 43.0 Å². The molecule has 0 heterocycles. The van der Waals surface area contributed by atoms with Crippen molar-refractivity contribution in [3.63, 3.8) is 0 Å². The van der Waals surface area contributed by atoms with Gasteiger partial charge >= 0.3 is 6.18 Å². The zero-order valence-corrected chi connectivity index (χ0v) is 11.9. The van der Waals surface area contributed by atoms with E-state index in [2.05, 4.69) is 0 Å². The van der Waals surface area contributed by atoms with E-state index in [1.807, 2.05) is 0 Å². The van der Waals surface area contributed by atoms with Crippen molar-refractivity contribution in [2.24, 2.45) is 0 Å². The molecule has 0 saturated carbocycles. The maximum absolute atomic E-state index is 12.0. The largest absolute Gasteiger partial charge is 0.405 e. The van der Waals surface area contributed by atoms with E-state index >= 15 is 0 Å². The van der Waals surface area contributed by atoms with Crippen LogP contribution in [0.5, 0.6) is 0 Å². The molecule has 1 aromatic rings. The zero-order valence-electron chi connectivity index (χ0n) is 11.2. The number of hydrogen-bond donors (Lipinski definition) is 1. The summed E-state index contributed by atoms with van der Waals surface area (Å²) in [6.07, 6.45) is -4.49. The predicted molar refractivity (Wildman–Crippen MR) is 71.7 cm³/mol. The summed E-state index contributed by atoms with van der Waals surface area (Å²) < 4.78 is 35.8. The summed E-state index contributed by atoms with van der Waals surface area (Å²) in [5.41, 5.74) is 0.548. The molecule has 1 atom stereocenters. The van der Waals surface area contributed by atoms with Crippen molar-refractivity contribution >= 4 is 23.4 Å². The molecule has 1 N–H and O–H groups in total. The van der Waals surface area contributed by atoms with Gasteiger partial charge in [-0.25, -0.2) is 0 Å². The monoisotopic (exact) mass is 322 g/mol. The Morgan fingerprint density at radius 1 is 1.29 bits per heavy atom. The molecule has 0 fully saturated rings. The molecule has 0 saturated heterocycles. The molecule has 8 heteroatoms. The number of nitrogens with zero attached hydrogens (tertiary/aromatic N) is 1. The van der Waals surface area contributed by atoms with E-state index in [0.29, 0.717) is 5.56 Å². The molecule has 116 valence electrons. The average molecular weight is 323 g/mol. The lowest BCUT2D eigenvalue weighted by molar-refractivity contribution is -0.141. The van der Waals surface area contributed by atoms with Crippen LogP contribution in [0.2, 0.25) is 0 Å². The number of carbonyl (C=O) groups is 2. The molecule has 0 radical (unpaired) electrons. The Bertz CT molecular complexity index is 494. The summed E-state index contributed by atoms with van der Waals surface area (Å²) in [7, 11) is 1.30. The lowest BCUT2D eigenvalue weighted by Gasteiger charge is -2.20. The van der Waals surface area contributed by atoms with Gasteiger partial charge in [-0.2, -0.15) is 13.2 Å². The van der Waals surface area contributed by atoms with Gasteiger partial charge in [0.2, 0.25) is 11.8 Å². The van der Waals surface area contributed by atoms with Gasteiger partial charge in [0.15, 0.2) is 0 Å². The molecule has 0 aliphatic rings. The van der Waals surface area contributed by atoms with Gasteiger partial charge in [0.1, 0.15) is 11.9 Å². The van der Waals surface area contributed by atoms with Crippen LogP contribution >= 0.6 is 11.6 Å². The van der Waals surface area contributed by atoms with Crippen molar-refractivity contribution in [2.45, 2.75) is 11.6 Å². The van der Waals surface area contributed by atoms with Crippen LogP contribution in [-0.2, 0) is 9.59 Å². The Morgan fingerprint density at radius 2 is 1.86 bits per heavy atom. The number of carbonyl (C=O) groups excluding carboxylic acids is 2. The number of amides is 2. The lowest BCUT2D eigenvalue weighted by atomic mass is 10.1. The standard InChI is InChI=1S/C13H14ClF3N2O2/c1-19(7-10(20)18-8-13(15,16)17)12(21)11(14)9-5-3-2-4-6-9/h2-6,11H,7-8H2,1H3,(H,18,20). The van der Waals surface area contributed by atoms with Gasteiger partial charge in [-0.1, -0.05) is 30.3 Å². The minimum absolute atomic E-state index is 0.495. The Labute approximate surface area is 124 Å². The van der Waals surface area contributed by atoms with Crippen molar-refractivity contribution < 1.29 is 22.8 Å². The van der Waals surface area contributed by atoms with Gasteiger partial charge in [0, 0.05) is 7.05 Å². The number of likely N-dealkylation sites (N-methyl/N-ethyl adjacent to an activating group) is 1. The van der Waals surface area contributed by atoms with E-state index in [0.717, 1.165) is 4.90 Å². The molecule has 0 aromatic heterocycles. The zero-order chi connectivity index (χ0) is 16.0. The van der Waals surface area contributed by atoms with Gasteiger partial charge < -0.3 is 10.2 Å². The predicted octanol–water partition coefficient (Wildman–Crippen LogP) is 2.10. The summed E-state index contributed by atoms with van der Waals surface area (Å²) in [6.45, 7) is -1.93. The summed E-state index contributed by atoms with van der Waals surface area (Å²) in [5, 5.41) is 0.692. The van der Waals surface area contributed by atoms with Crippen LogP contribution in [0, 0.1) is 0 Å². The Kier molecular flexibility index (Phi) is 6.02. The topological polar surface area (TPSA) is 49.4 Å². The highest BCUT2D eigenvalue weighted by molar-refractivity contribution is 6.30. The highest BCUT2D eigenvalue weighted by atomic mass is 35.5. The van der Waals surface area contributed by atoms with E-state index in [9.17, 15) is 22.8 Å². The van der Waals surface area contributed by atoms with Gasteiger partial charge in [0.25, 0.3) is 0 Å². The van der Waals surface area contributed by atoms with Gasteiger partial charge in [-0.05, 0) is 5.56 Å². The maximum Gasteiger partial charge on any atom is 0.405 e. The fraction of sp³-hybridized carbons (Fsp3) is 0.385. The second kappa shape index (κ2) is 7.31. The molecule has 1 aromatic carbocycles.